The summed E-state index contributed by atoms with van der Waals surface area (Å²) in [7, 11) is 0. The van der Waals surface area contributed by atoms with Crippen molar-refractivity contribution in [1.29, 1.82) is 0 Å². The highest BCUT2D eigenvalue weighted by atomic mass is 16.6. The van der Waals surface area contributed by atoms with Crippen LogP contribution < -0.4 is 4.90 Å². The molecule has 0 unspecified atom stereocenters. The van der Waals surface area contributed by atoms with Crippen molar-refractivity contribution in [3.05, 3.63) is 76.5 Å². The Morgan fingerprint density at radius 1 is 1.05 bits per heavy atom. The minimum Gasteiger partial charge on any atom is -0.482 e. The van der Waals surface area contributed by atoms with E-state index < -0.39 is 4.92 Å². The van der Waals surface area contributed by atoms with Gasteiger partial charge in [0, 0.05) is 23.4 Å². The molecular formula is C16H12N2O4. The summed E-state index contributed by atoms with van der Waals surface area (Å²) in [6, 6.07) is 15.2. The largest absolute Gasteiger partial charge is 0.482 e. The highest BCUT2D eigenvalue weighted by molar-refractivity contribution is 5.99. The number of ether oxygens (including phenoxy) is 1. The number of anilines is 1. The van der Waals surface area contributed by atoms with Gasteiger partial charge in [0.2, 0.25) is 0 Å². The number of carbonyl (C=O) groups excluding carboxylic acids is 1. The number of nitrogens with zero attached hydrogens (tertiary/aromatic N) is 2. The van der Waals surface area contributed by atoms with Crippen molar-refractivity contribution in [2.75, 3.05) is 11.5 Å². The Bertz CT molecular complexity index is 739. The van der Waals surface area contributed by atoms with Crippen LogP contribution >= 0.6 is 0 Å². The number of benzene rings is 2. The summed E-state index contributed by atoms with van der Waals surface area (Å²) < 4.78 is 5.43. The minimum absolute atomic E-state index is 0.0103. The van der Waals surface area contributed by atoms with Gasteiger partial charge in [0.15, 0.2) is 6.61 Å². The Balaban J connectivity index is 1.93. The smallest absolute Gasteiger partial charge is 0.269 e. The Hall–Kier alpha value is -3.15. The molecule has 0 aliphatic carbocycles. The van der Waals surface area contributed by atoms with E-state index in [1.54, 1.807) is 18.3 Å². The Labute approximate surface area is 126 Å². The molecule has 3 rings (SSSR count). The lowest BCUT2D eigenvalue weighted by Gasteiger charge is -2.25. The van der Waals surface area contributed by atoms with Gasteiger partial charge in [0.25, 0.3) is 11.6 Å². The quantitative estimate of drug-likeness (QED) is 0.644. The van der Waals surface area contributed by atoms with E-state index in [1.165, 1.54) is 17.0 Å². The monoisotopic (exact) mass is 296 g/mol. The van der Waals surface area contributed by atoms with Crippen LogP contribution in [0.15, 0.2) is 60.8 Å². The van der Waals surface area contributed by atoms with Gasteiger partial charge in [0.05, 0.1) is 11.1 Å². The molecule has 1 amide bonds. The van der Waals surface area contributed by atoms with Crippen LogP contribution in [0, 0.1) is 10.1 Å². The maximum absolute atomic E-state index is 12.0. The molecule has 0 radical (unpaired) electrons. The molecule has 0 fully saturated rings. The van der Waals surface area contributed by atoms with Crippen LogP contribution in [0.1, 0.15) is 5.56 Å². The average Bonchev–Trinajstić information content (AvgIpc) is 2.56. The van der Waals surface area contributed by atoms with E-state index in [-0.39, 0.29) is 18.2 Å². The standard InChI is InChI=1S/C16H12N2O4/c19-16-11-22-15(10-17(16)13-4-2-1-3-5-13)12-6-8-14(9-7-12)18(20)21/h1-10H,11H2. The van der Waals surface area contributed by atoms with E-state index in [9.17, 15) is 14.9 Å². The van der Waals surface area contributed by atoms with E-state index in [1.807, 2.05) is 30.3 Å². The van der Waals surface area contributed by atoms with E-state index >= 15 is 0 Å². The molecule has 0 aromatic heterocycles. The van der Waals surface area contributed by atoms with Gasteiger partial charge in [-0.3, -0.25) is 19.8 Å². The summed E-state index contributed by atoms with van der Waals surface area (Å²) in [6.07, 6.45) is 1.60. The zero-order chi connectivity index (χ0) is 15.5. The summed E-state index contributed by atoms with van der Waals surface area (Å²) >= 11 is 0. The number of para-hydroxylation sites is 1. The molecule has 0 atom stereocenters. The number of hydrogen-bond acceptors (Lipinski definition) is 4. The SMILES string of the molecule is O=C1COC(c2ccc([N+](=O)[O-])cc2)=CN1c1ccccc1. The predicted molar refractivity (Wildman–Crippen MR) is 81.0 cm³/mol. The summed E-state index contributed by atoms with van der Waals surface area (Å²) in [5, 5.41) is 10.7. The van der Waals surface area contributed by atoms with Crippen molar-refractivity contribution >= 4 is 23.0 Å². The molecule has 1 heterocycles. The second-order valence-electron chi connectivity index (χ2n) is 4.69. The molecular weight excluding hydrogens is 284 g/mol. The second-order valence-corrected chi connectivity index (χ2v) is 4.69. The fraction of sp³-hybridized carbons (Fsp3) is 0.0625. The van der Waals surface area contributed by atoms with E-state index in [0.29, 0.717) is 11.3 Å². The molecule has 6 heteroatoms. The van der Waals surface area contributed by atoms with Crippen LogP contribution in [0.25, 0.3) is 5.76 Å². The molecule has 0 saturated carbocycles. The van der Waals surface area contributed by atoms with Crippen LogP contribution in [-0.2, 0) is 9.53 Å². The van der Waals surface area contributed by atoms with Crippen molar-refractivity contribution in [1.82, 2.24) is 0 Å². The molecule has 110 valence electrons. The Kier molecular flexibility index (Phi) is 3.57. The van der Waals surface area contributed by atoms with Gasteiger partial charge in [-0.1, -0.05) is 18.2 Å². The molecule has 6 nitrogen and oxygen atoms in total. The van der Waals surface area contributed by atoms with Crippen LogP contribution in [0.5, 0.6) is 0 Å². The first-order valence-corrected chi connectivity index (χ1v) is 6.62. The maximum atomic E-state index is 12.0. The zero-order valence-corrected chi connectivity index (χ0v) is 11.5. The molecule has 0 bridgehead atoms. The third-order valence-electron chi connectivity index (χ3n) is 3.26. The molecule has 22 heavy (non-hydrogen) atoms. The number of nitro groups is 1. The number of nitro benzene ring substituents is 1. The van der Waals surface area contributed by atoms with Gasteiger partial charge >= 0.3 is 0 Å². The van der Waals surface area contributed by atoms with E-state index in [4.69, 9.17) is 4.74 Å². The highest BCUT2D eigenvalue weighted by Crippen LogP contribution is 2.26. The lowest BCUT2D eigenvalue weighted by Crippen LogP contribution is -2.33. The summed E-state index contributed by atoms with van der Waals surface area (Å²) in [5.41, 5.74) is 1.44. The normalized spacial score (nSPS) is 14.3. The fourth-order valence-corrected chi connectivity index (χ4v) is 2.15. The first kappa shape index (κ1) is 13.8. The topological polar surface area (TPSA) is 72.7 Å². The van der Waals surface area contributed by atoms with Crippen LogP contribution in [-0.4, -0.2) is 17.4 Å². The molecule has 1 aliphatic rings. The first-order chi connectivity index (χ1) is 10.6. The molecule has 0 spiro atoms. The number of rotatable bonds is 3. The summed E-state index contributed by atoms with van der Waals surface area (Å²) in [5.74, 6) is 0.329. The maximum Gasteiger partial charge on any atom is 0.269 e. The highest BCUT2D eigenvalue weighted by Gasteiger charge is 2.22. The zero-order valence-electron chi connectivity index (χ0n) is 11.5. The van der Waals surface area contributed by atoms with Crippen LogP contribution in [0.2, 0.25) is 0 Å². The second kappa shape index (κ2) is 5.69. The molecule has 2 aromatic carbocycles. The average molecular weight is 296 g/mol. The van der Waals surface area contributed by atoms with Gasteiger partial charge in [-0.05, 0) is 24.3 Å². The lowest BCUT2D eigenvalue weighted by atomic mass is 10.1. The van der Waals surface area contributed by atoms with Gasteiger partial charge in [-0.15, -0.1) is 0 Å². The van der Waals surface area contributed by atoms with E-state index in [2.05, 4.69) is 0 Å². The van der Waals surface area contributed by atoms with Crippen molar-refractivity contribution in [3.8, 4) is 0 Å². The molecule has 2 aromatic rings. The molecule has 1 aliphatic heterocycles. The third kappa shape index (κ3) is 2.67. The lowest BCUT2D eigenvalue weighted by molar-refractivity contribution is -0.384. The van der Waals surface area contributed by atoms with Gasteiger partial charge in [-0.2, -0.15) is 0 Å². The molecule has 0 saturated heterocycles. The van der Waals surface area contributed by atoms with Gasteiger partial charge in [0.1, 0.15) is 5.76 Å². The Morgan fingerprint density at radius 2 is 1.73 bits per heavy atom. The van der Waals surface area contributed by atoms with Crippen molar-refractivity contribution < 1.29 is 14.5 Å². The number of carbonyl (C=O) groups is 1. The van der Waals surface area contributed by atoms with Gasteiger partial charge < -0.3 is 4.74 Å². The van der Waals surface area contributed by atoms with Crippen molar-refractivity contribution in [3.63, 3.8) is 0 Å². The summed E-state index contributed by atoms with van der Waals surface area (Å²) in [4.78, 5) is 23.7. The first-order valence-electron chi connectivity index (χ1n) is 6.62. The number of hydrogen-bond donors (Lipinski definition) is 0. The van der Waals surface area contributed by atoms with E-state index in [0.717, 1.165) is 5.69 Å². The number of amides is 1. The molecule has 0 N–H and O–H groups in total. The summed E-state index contributed by atoms with van der Waals surface area (Å²) in [6.45, 7) is -0.0717. The van der Waals surface area contributed by atoms with Crippen LogP contribution in [0.4, 0.5) is 11.4 Å². The fourth-order valence-electron chi connectivity index (χ4n) is 2.15. The Morgan fingerprint density at radius 3 is 2.36 bits per heavy atom. The van der Waals surface area contributed by atoms with Crippen molar-refractivity contribution in [2.24, 2.45) is 0 Å². The van der Waals surface area contributed by atoms with Crippen molar-refractivity contribution in [2.45, 2.75) is 0 Å². The third-order valence-corrected chi connectivity index (χ3v) is 3.26. The van der Waals surface area contributed by atoms with Crippen LogP contribution in [0.3, 0.4) is 0 Å². The number of non-ortho nitro benzene ring substituents is 1. The predicted octanol–water partition coefficient (Wildman–Crippen LogP) is 2.96. The minimum atomic E-state index is -0.459. The van der Waals surface area contributed by atoms with Gasteiger partial charge in [-0.25, -0.2) is 0 Å².